The molecule has 8 rings (SSSR count). The third kappa shape index (κ3) is 11.5. The van der Waals surface area contributed by atoms with E-state index in [1.54, 1.807) is 30.3 Å². The molecular weight excluding hydrogens is 861 g/mol. The number of hydrogen-bond donors (Lipinski definition) is 2. The molecule has 14 nitrogen and oxygen atoms in total. The van der Waals surface area contributed by atoms with Gasteiger partial charge in [-0.2, -0.15) is 18.2 Å². The van der Waals surface area contributed by atoms with Crippen LogP contribution in [0.4, 0.5) is 8.78 Å². The second kappa shape index (κ2) is 19.3. The van der Waals surface area contributed by atoms with Crippen LogP contribution in [0.3, 0.4) is 0 Å². The van der Waals surface area contributed by atoms with Gasteiger partial charge in [-0.05, 0) is 92.1 Å². The number of hydrogen-bond acceptors (Lipinski definition) is 11. The van der Waals surface area contributed by atoms with Crippen molar-refractivity contribution in [1.82, 2.24) is 14.9 Å². The summed E-state index contributed by atoms with van der Waals surface area (Å²) in [5, 5.41) is 14.3. The second-order valence-corrected chi connectivity index (χ2v) is 17.6. The highest BCUT2D eigenvalue weighted by molar-refractivity contribution is 7.89. The van der Waals surface area contributed by atoms with Gasteiger partial charge in [-0.15, -0.1) is 0 Å². The number of pyridine rings is 1. The number of benzene rings is 3. The van der Waals surface area contributed by atoms with Gasteiger partial charge in [-0.3, -0.25) is 14.5 Å². The predicted molar refractivity (Wildman–Crippen MR) is 217 cm³/mol. The van der Waals surface area contributed by atoms with E-state index >= 15 is 0 Å². The average molecular weight is 904 g/mol. The van der Waals surface area contributed by atoms with E-state index in [0.29, 0.717) is 16.8 Å². The molecule has 2 N–H and O–H groups in total. The lowest BCUT2D eigenvalue weighted by atomic mass is 9.86. The third-order valence-corrected chi connectivity index (χ3v) is 12.8. The molecular formula is C42H42Cl2F2N4O10S. The van der Waals surface area contributed by atoms with Crippen LogP contribution in [0.15, 0.2) is 90.1 Å². The van der Waals surface area contributed by atoms with Gasteiger partial charge in [0.1, 0.15) is 34.8 Å². The first-order valence-corrected chi connectivity index (χ1v) is 21.8. The standard InChI is InChI=1S/C42H42Cl2F2N4O10S/c43-32-21-50(54)22-33(44)31(32)19-35(28-11-12-34(60-42(45)46)36(18-28)57-24-25-9-10-25)58-38(51)20-47-40(52)29-7-4-8-30(17-29)61(55,56)48-39(27-5-2-1-3-6-27)41(53)59-37-23-49-15-13-26(37)14-16-49/h1-8,11-12,17-18,21-22,25-26,35,37,39,42,48H,9-10,13-16,19-20,23-24H2,(H,47,52)/t35?,37-,39?/m0/s1. The Balaban J connectivity index is 1.05. The molecule has 4 heterocycles. The van der Waals surface area contributed by atoms with E-state index in [1.807, 2.05) is 0 Å². The average Bonchev–Trinajstić information content (AvgIpc) is 4.08. The smallest absolute Gasteiger partial charge is 0.387 e. The summed E-state index contributed by atoms with van der Waals surface area (Å²) in [6.45, 7) is -1.15. The third-order valence-electron chi connectivity index (χ3n) is 10.8. The molecule has 4 fully saturated rings. The van der Waals surface area contributed by atoms with E-state index in [2.05, 4.69) is 19.7 Å². The van der Waals surface area contributed by atoms with Crippen LogP contribution >= 0.6 is 23.2 Å². The molecule has 3 aliphatic heterocycles. The highest BCUT2D eigenvalue weighted by Crippen LogP contribution is 2.38. The number of esters is 2. The summed E-state index contributed by atoms with van der Waals surface area (Å²) < 4.78 is 79.1. The molecule has 0 spiro atoms. The van der Waals surface area contributed by atoms with Gasteiger partial charge in [0.2, 0.25) is 10.0 Å². The van der Waals surface area contributed by atoms with Crippen molar-refractivity contribution >= 4 is 51.1 Å². The Kier molecular flexibility index (Phi) is 13.9. The Hall–Kier alpha value is -5.07. The number of halogens is 4. The number of piperidine rings is 3. The number of sulfonamides is 1. The first-order valence-electron chi connectivity index (χ1n) is 19.6. The van der Waals surface area contributed by atoms with Gasteiger partial charge in [0.05, 0.1) is 11.5 Å². The minimum absolute atomic E-state index is 0.0211. The van der Waals surface area contributed by atoms with Gasteiger partial charge in [-0.1, -0.05) is 65.7 Å². The Morgan fingerprint density at radius 3 is 2.28 bits per heavy atom. The Labute approximate surface area is 360 Å². The summed E-state index contributed by atoms with van der Waals surface area (Å²) in [4.78, 5) is 42.2. The van der Waals surface area contributed by atoms with Gasteiger partial charge >= 0.3 is 18.6 Å². The van der Waals surface area contributed by atoms with Crippen LogP contribution in [0.25, 0.3) is 0 Å². The number of amides is 1. The number of ether oxygens (including phenoxy) is 4. The maximum atomic E-state index is 13.8. The van der Waals surface area contributed by atoms with E-state index in [-0.39, 0.29) is 74.1 Å². The molecule has 4 aliphatic rings. The predicted octanol–water partition coefficient (Wildman–Crippen LogP) is 5.93. The zero-order valence-electron chi connectivity index (χ0n) is 32.5. The molecule has 324 valence electrons. The van der Waals surface area contributed by atoms with Crippen molar-refractivity contribution in [2.75, 3.05) is 32.8 Å². The van der Waals surface area contributed by atoms with Gasteiger partial charge in [-0.25, -0.2) is 13.2 Å². The monoisotopic (exact) mass is 902 g/mol. The second-order valence-electron chi connectivity index (χ2n) is 15.1. The number of rotatable bonds is 18. The minimum Gasteiger partial charge on any atom is -0.619 e. The highest BCUT2D eigenvalue weighted by atomic mass is 35.5. The van der Waals surface area contributed by atoms with Gasteiger partial charge in [0.15, 0.2) is 23.9 Å². The fourth-order valence-corrected chi connectivity index (χ4v) is 9.12. The highest BCUT2D eigenvalue weighted by Gasteiger charge is 2.39. The fraction of sp³-hybridized carbons (Fsp3) is 0.381. The van der Waals surface area contributed by atoms with Gasteiger partial charge in [0.25, 0.3) is 5.91 Å². The van der Waals surface area contributed by atoms with E-state index in [9.17, 15) is 36.8 Å². The molecule has 0 radical (unpaired) electrons. The minimum atomic E-state index is -4.43. The summed E-state index contributed by atoms with van der Waals surface area (Å²) in [6, 6.07) is 16.0. The number of nitrogens with zero attached hydrogens (tertiary/aromatic N) is 2. The summed E-state index contributed by atoms with van der Waals surface area (Å²) in [7, 11) is -4.43. The number of fused-ring (bicyclic) bond motifs is 3. The molecule has 1 saturated carbocycles. The molecule has 2 bridgehead atoms. The van der Waals surface area contributed by atoms with Crippen molar-refractivity contribution in [2.24, 2.45) is 11.8 Å². The van der Waals surface area contributed by atoms with Crippen LogP contribution in [0.1, 0.15) is 64.9 Å². The van der Waals surface area contributed by atoms with Crippen LogP contribution in [0.2, 0.25) is 10.0 Å². The summed E-state index contributed by atoms with van der Waals surface area (Å²) in [6.07, 6.45) is 3.99. The SMILES string of the molecule is O=C(CNC(=O)c1cccc(S(=O)(=O)NC(C(=O)O[C@H]2CN3CCC2CC3)c2ccccc2)c1)OC(Cc1c(Cl)c[n+]([O-])cc1Cl)c1ccc(OC(F)F)c(OCC2CC2)c1. The van der Waals surface area contributed by atoms with Crippen LogP contribution in [0, 0.1) is 17.0 Å². The largest absolute Gasteiger partial charge is 0.619 e. The zero-order valence-corrected chi connectivity index (χ0v) is 34.8. The first-order chi connectivity index (χ1) is 29.2. The zero-order chi connectivity index (χ0) is 43.3. The molecule has 1 aromatic heterocycles. The van der Waals surface area contributed by atoms with Crippen LogP contribution in [-0.4, -0.2) is 76.7 Å². The molecule has 1 amide bonds. The van der Waals surface area contributed by atoms with Crippen LogP contribution in [-0.2, 0) is 35.5 Å². The Morgan fingerprint density at radius 1 is 0.902 bits per heavy atom. The lowest BCUT2D eigenvalue weighted by Gasteiger charge is -2.44. The Bertz CT molecular complexity index is 2330. The molecule has 3 aromatic carbocycles. The molecule has 3 atom stereocenters. The fourth-order valence-electron chi connectivity index (χ4n) is 7.30. The van der Waals surface area contributed by atoms with Gasteiger partial charge < -0.3 is 29.5 Å². The van der Waals surface area contributed by atoms with Gasteiger partial charge in [0, 0.05) is 24.1 Å². The molecule has 2 unspecified atom stereocenters. The van der Waals surface area contributed by atoms with Crippen molar-refractivity contribution in [3.63, 3.8) is 0 Å². The number of aromatic nitrogens is 1. The maximum absolute atomic E-state index is 13.8. The van der Waals surface area contributed by atoms with E-state index < -0.39 is 53.2 Å². The van der Waals surface area contributed by atoms with Crippen molar-refractivity contribution < 1.29 is 55.3 Å². The van der Waals surface area contributed by atoms with Crippen molar-refractivity contribution in [1.29, 1.82) is 0 Å². The van der Waals surface area contributed by atoms with Crippen molar-refractivity contribution in [2.45, 2.75) is 61.9 Å². The number of alkyl halides is 2. The first kappa shape index (κ1) is 44.0. The lowest BCUT2D eigenvalue weighted by molar-refractivity contribution is -0.605. The lowest BCUT2D eigenvalue weighted by Crippen LogP contribution is -2.52. The molecule has 61 heavy (non-hydrogen) atoms. The summed E-state index contributed by atoms with van der Waals surface area (Å²) in [5.41, 5.74) is 0.747. The molecule has 3 saturated heterocycles. The quantitative estimate of drug-likeness (QED) is 0.0688. The normalized spacial score (nSPS) is 19.5. The van der Waals surface area contributed by atoms with Crippen LogP contribution < -0.4 is 24.2 Å². The van der Waals surface area contributed by atoms with Crippen molar-refractivity contribution in [3.8, 4) is 11.5 Å². The number of carbonyl (C=O) groups is 3. The number of nitrogens with one attached hydrogen (secondary N) is 2. The van der Waals surface area contributed by atoms with E-state index in [1.165, 1.54) is 36.4 Å². The molecule has 1 aliphatic carbocycles. The Morgan fingerprint density at radius 2 is 1.62 bits per heavy atom. The van der Waals surface area contributed by atoms with E-state index in [4.69, 9.17) is 37.4 Å². The molecule has 19 heteroatoms. The number of carbonyl (C=O) groups excluding carboxylic acids is 3. The maximum Gasteiger partial charge on any atom is 0.387 e. The van der Waals surface area contributed by atoms with Crippen LogP contribution in [0.5, 0.6) is 11.5 Å². The molecule has 4 aromatic rings. The summed E-state index contributed by atoms with van der Waals surface area (Å²) in [5.74, 6) is -2.33. The summed E-state index contributed by atoms with van der Waals surface area (Å²) >= 11 is 12.7. The van der Waals surface area contributed by atoms with Crippen molar-refractivity contribution in [3.05, 3.63) is 123 Å². The topological polar surface area (TPSA) is 177 Å². The van der Waals surface area contributed by atoms with E-state index in [0.717, 1.165) is 57.2 Å².